The summed E-state index contributed by atoms with van der Waals surface area (Å²) in [7, 11) is 0. The number of hydrogen-bond acceptors (Lipinski definition) is 4. The lowest BCUT2D eigenvalue weighted by atomic mass is 10.1. The van der Waals surface area contributed by atoms with Crippen LogP contribution in [0.2, 0.25) is 0 Å². The van der Waals surface area contributed by atoms with Gasteiger partial charge < -0.3 is 9.64 Å². The number of ether oxygens (including phenoxy) is 1. The fourth-order valence-corrected chi connectivity index (χ4v) is 2.19. The van der Waals surface area contributed by atoms with E-state index in [1.54, 1.807) is 24.3 Å². The molecule has 1 atom stereocenters. The summed E-state index contributed by atoms with van der Waals surface area (Å²) in [6, 6.07) is 8.84. The second-order valence-corrected chi connectivity index (χ2v) is 4.75. The second-order valence-electron chi connectivity index (χ2n) is 4.37. The number of rotatable bonds is 5. The van der Waals surface area contributed by atoms with Crippen molar-refractivity contribution in [3.8, 4) is 0 Å². The standard InChI is InChI=1S/C15H20N2O3S/c1-4-17(5-2)15(21)16-14(19)13(20-11(3)18)12-9-7-6-8-10-12/h6-10,13H,4-5H2,1-3H3,(H,16,19,21)/t13-/m0/s1. The molecule has 0 unspecified atom stereocenters. The van der Waals surface area contributed by atoms with Crippen LogP contribution in [0.25, 0.3) is 0 Å². The Morgan fingerprint density at radius 2 is 1.81 bits per heavy atom. The molecular formula is C15H20N2O3S. The lowest BCUT2D eigenvalue weighted by Gasteiger charge is -2.24. The van der Waals surface area contributed by atoms with Crippen LogP contribution in [0.3, 0.4) is 0 Å². The van der Waals surface area contributed by atoms with Crippen molar-refractivity contribution in [3.63, 3.8) is 0 Å². The van der Waals surface area contributed by atoms with Crippen LogP contribution in [-0.2, 0) is 14.3 Å². The monoisotopic (exact) mass is 308 g/mol. The van der Waals surface area contributed by atoms with E-state index in [9.17, 15) is 9.59 Å². The maximum absolute atomic E-state index is 12.3. The quantitative estimate of drug-likeness (QED) is 0.666. The molecular weight excluding hydrogens is 288 g/mol. The van der Waals surface area contributed by atoms with Gasteiger partial charge in [0.1, 0.15) is 0 Å². The van der Waals surface area contributed by atoms with E-state index in [1.165, 1.54) is 6.92 Å². The predicted molar refractivity (Wildman–Crippen MR) is 84.6 cm³/mol. The van der Waals surface area contributed by atoms with Crippen LogP contribution < -0.4 is 5.32 Å². The summed E-state index contributed by atoms with van der Waals surface area (Å²) in [5, 5.41) is 2.96. The predicted octanol–water partition coefficient (Wildman–Crippen LogP) is 2.03. The molecule has 0 aliphatic carbocycles. The summed E-state index contributed by atoms with van der Waals surface area (Å²) in [4.78, 5) is 25.4. The third-order valence-corrected chi connectivity index (χ3v) is 3.27. The van der Waals surface area contributed by atoms with Gasteiger partial charge in [0, 0.05) is 25.6 Å². The van der Waals surface area contributed by atoms with Crippen LogP contribution in [0.1, 0.15) is 32.4 Å². The summed E-state index contributed by atoms with van der Waals surface area (Å²) in [5.74, 6) is -0.971. The molecule has 6 heteroatoms. The van der Waals surface area contributed by atoms with E-state index < -0.39 is 18.0 Å². The highest BCUT2D eigenvalue weighted by Crippen LogP contribution is 2.17. The summed E-state index contributed by atoms with van der Waals surface area (Å²) in [5.41, 5.74) is 0.604. The molecule has 5 nitrogen and oxygen atoms in total. The van der Waals surface area contributed by atoms with Crippen LogP contribution in [0.15, 0.2) is 30.3 Å². The molecule has 0 heterocycles. The fourth-order valence-electron chi connectivity index (χ4n) is 1.83. The highest BCUT2D eigenvalue weighted by Gasteiger charge is 2.25. The van der Waals surface area contributed by atoms with E-state index in [4.69, 9.17) is 17.0 Å². The molecule has 1 amide bonds. The summed E-state index contributed by atoms with van der Waals surface area (Å²) in [6.07, 6.45) is -1.00. The Kier molecular flexibility index (Phi) is 6.81. The van der Waals surface area contributed by atoms with Gasteiger partial charge in [-0.15, -0.1) is 0 Å². The lowest BCUT2D eigenvalue weighted by Crippen LogP contribution is -2.44. The number of thiocarbonyl (C=S) groups is 1. The molecule has 0 bridgehead atoms. The van der Waals surface area contributed by atoms with Crippen LogP contribution >= 0.6 is 12.2 Å². The maximum Gasteiger partial charge on any atom is 0.303 e. The largest absolute Gasteiger partial charge is 0.447 e. The number of esters is 1. The van der Waals surface area contributed by atoms with Gasteiger partial charge in [0.2, 0.25) is 6.10 Å². The van der Waals surface area contributed by atoms with Gasteiger partial charge in [-0.05, 0) is 26.1 Å². The van der Waals surface area contributed by atoms with Crippen molar-refractivity contribution >= 4 is 29.2 Å². The van der Waals surface area contributed by atoms with E-state index in [-0.39, 0.29) is 0 Å². The average Bonchev–Trinajstić information content (AvgIpc) is 2.46. The van der Waals surface area contributed by atoms with Gasteiger partial charge in [0.25, 0.3) is 5.91 Å². The molecule has 0 aromatic heterocycles. The molecule has 1 aromatic carbocycles. The number of carbonyl (C=O) groups is 2. The van der Waals surface area contributed by atoms with E-state index >= 15 is 0 Å². The van der Waals surface area contributed by atoms with Crippen molar-refractivity contribution in [2.45, 2.75) is 26.9 Å². The topological polar surface area (TPSA) is 58.6 Å². The normalized spacial score (nSPS) is 11.4. The molecule has 114 valence electrons. The van der Waals surface area contributed by atoms with E-state index in [2.05, 4.69) is 5.32 Å². The Bertz CT molecular complexity index is 501. The molecule has 0 aliphatic rings. The molecule has 0 radical (unpaired) electrons. The van der Waals surface area contributed by atoms with Crippen molar-refractivity contribution in [1.29, 1.82) is 0 Å². The summed E-state index contributed by atoms with van der Waals surface area (Å²) < 4.78 is 5.12. The molecule has 0 spiro atoms. The Morgan fingerprint density at radius 1 is 1.24 bits per heavy atom. The molecule has 0 aliphatic heterocycles. The molecule has 0 fully saturated rings. The Labute approximate surface area is 130 Å². The molecule has 1 rings (SSSR count). The zero-order valence-electron chi connectivity index (χ0n) is 12.5. The number of amides is 1. The van der Waals surface area contributed by atoms with Gasteiger partial charge in [-0.3, -0.25) is 14.9 Å². The average molecular weight is 308 g/mol. The van der Waals surface area contributed by atoms with Crippen molar-refractivity contribution in [1.82, 2.24) is 10.2 Å². The van der Waals surface area contributed by atoms with Gasteiger partial charge in [-0.25, -0.2) is 0 Å². The molecule has 21 heavy (non-hydrogen) atoms. The van der Waals surface area contributed by atoms with Gasteiger partial charge in [0.05, 0.1) is 0 Å². The first-order valence-corrected chi connectivity index (χ1v) is 7.22. The Balaban J connectivity index is 2.86. The third-order valence-electron chi connectivity index (χ3n) is 2.91. The van der Waals surface area contributed by atoms with Gasteiger partial charge in [-0.1, -0.05) is 30.3 Å². The third kappa shape index (κ3) is 5.15. The first kappa shape index (κ1) is 17.1. The number of benzene rings is 1. The number of carbonyl (C=O) groups excluding carboxylic acids is 2. The van der Waals surface area contributed by atoms with Crippen LogP contribution in [0.5, 0.6) is 0 Å². The van der Waals surface area contributed by atoms with Gasteiger partial charge in [-0.2, -0.15) is 0 Å². The van der Waals surface area contributed by atoms with Crippen molar-refractivity contribution < 1.29 is 14.3 Å². The minimum Gasteiger partial charge on any atom is -0.447 e. The minimum atomic E-state index is -1.00. The van der Waals surface area contributed by atoms with E-state index in [0.717, 1.165) is 0 Å². The van der Waals surface area contributed by atoms with Crippen molar-refractivity contribution in [2.75, 3.05) is 13.1 Å². The maximum atomic E-state index is 12.3. The van der Waals surface area contributed by atoms with Crippen LogP contribution in [0, 0.1) is 0 Å². The van der Waals surface area contributed by atoms with Crippen LogP contribution in [-0.4, -0.2) is 35.0 Å². The minimum absolute atomic E-state index is 0.332. The summed E-state index contributed by atoms with van der Waals surface area (Å²) in [6.45, 7) is 6.55. The van der Waals surface area contributed by atoms with Crippen LogP contribution in [0.4, 0.5) is 0 Å². The first-order valence-electron chi connectivity index (χ1n) is 6.81. The second kappa shape index (κ2) is 8.36. The first-order chi connectivity index (χ1) is 9.99. The zero-order valence-corrected chi connectivity index (χ0v) is 13.3. The zero-order chi connectivity index (χ0) is 15.8. The Morgan fingerprint density at radius 3 is 2.29 bits per heavy atom. The lowest BCUT2D eigenvalue weighted by molar-refractivity contribution is -0.153. The molecule has 0 saturated heterocycles. The SMILES string of the molecule is CCN(CC)C(=S)NC(=O)[C@@H](OC(C)=O)c1ccccc1. The van der Waals surface area contributed by atoms with E-state index in [1.807, 2.05) is 24.8 Å². The number of nitrogens with one attached hydrogen (secondary N) is 1. The fraction of sp³-hybridized carbons (Fsp3) is 0.400. The van der Waals surface area contributed by atoms with Crippen molar-refractivity contribution in [3.05, 3.63) is 35.9 Å². The summed E-state index contributed by atoms with van der Waals surface area (Å²) >= 11 is 5.19. The van der Waals surface area contributed by atoms with Gasteiger partial charge >= 0.3 is 5.97 Å². The smallest absolute Gasteiger partial charge is 0.303 e. The highest BCUT2D eigenvalue weighted by atomic mass is 32.1. The molecule has 1 aromatic rings. The molecule has 1 N–H and O–H groups in total. The number of hydrogen-bond donors (Lipinski definition) is 1. The highest BCUT2D eigenvalue weighted by molar-refractivity contribution is 7.80. The van der Waals surface area contributed by atoms with E-state index in [0.29, 0.717) is 23.8 Å². The molecule has 0 saturated carbocycles. The Hall–Kier alpha value is -1.95. The van der Waals surface area contributed by atoms with Crippen molar-refractivity contribution in [2.24, 2.45) is 0 Å². The number of nitrogens with zero attached hydrogens (tertiary/aromatic N) is 1. The van der Waals surface area contributed by atoms with Gasteiger partial charge in [0.15, 0.2) is 5.11 Å².